The van der Waals surface area contributed by atoms with Crippen molar-refractivity contribution in [3.8, 4) is 0 Å². The lowest BCUT2D eigenvalue weighted by Crippen LogP contribution is -2.04. The Morgan fingerprint density at radius 3 is 2.58 bits per heavy atom. The summed E-state index contributed by atoms with van der Waals surface area (Å²) in [5, 5.41) is 10.3. The van der Waals surface area contributed by atoms with Crippen LogP contribution in [0.3, 0.4) is 0 Å². The van der Waals surface area contributed by atoms with E-state index in [2.05, 4.69) is 34.1 Å². The molecule has 2 rings (SSSR count). The maximum Gasteiger partial charge on any atom is 0.137 e. The van der Waals surface area contributed by atoms with E-state index in [0.29, 0.717) is 16.5 Å². The van der Waals surface area contributed by atoms with E-state index in [-0.39, 0.29) is 5.82 Å². The molecule has 0 bridgehead atoms. The zero-order valence-corrected chi connectivity index (χ0v) is 12.5. The Bertz CT molecular complexity index is 595. The predicted molar refractivity (Wildman–Crippen MR) is 78.7 cm³/mol. The Labute approximate surface area is 121 Å². The summed E-state index contributed by atoms with van der Waals surface area (Å²) in [5.74, 6) is -0.317. The lowest BCUT2D eigenvalue weighted by Gasteiger charge is -2.14. The Balaban J connectivity index is 2.22. The van der Waals surface area contributed by atoms with Gasteiger partial charge in [-0.05, 0) is 58.6 Å². The second-order valence-electron chi connectivity index (χ2n) is 4.82. The highest BCUT2D eigenvalue weighted by Crippen LogP contribution is 2.25. The highest BCUT2D eigenvalue weighted by atomic mass is 79.9. The number of aryl methyl sites for hydroxylation is 2. The Morgan fingerprint density at radius 1 is 1.16 bits per heavy atom. The molecule has 3 heteroatoms. The van der Waals surface area contributed by atoms with Crippen molar-refractivity contribution in [2.24, 2.45) is 0 Å². The van der Waals surface area contributed by atoms with Gasteiger partial charge in [-0.2, -0.15) is 0 Å². The SMILES string of the molecule is Cc1ccc(C)c(CC(O)c2ccc(F)c(Br)c2)c1. The Hall–Kier alpha value is -1.19. The van der Waals surface area contributed by atoms with Gasteiger partial charge < -0.3 is 5.11 Å². The van der Waals surface area contributed by atoms with Crippen LogP contribution >= 0.6 is 15.9 Å². The van der Waals surface area contributed by atoms with Crippen molar-refractivity contribution in [1.29, 1.82) is 0 Å². The third-order valence-electron chi connectivity index (χ3n) is 3.25. The van der Waals surface area contributed by atoms with Gasteiger partial charge in [0.2, 0.25) is 0 Å². The minimum absolute atomic E-state index is 0.317. The van der Waals surface area contributed by atoms with Gasteiger partial charge in [0.1, 0.15) is 5.82 Å². The van der Waals surface area contributed by atoms with Gasteiger partial charge in [-0.25, -0.2) is 4.39 Å². The van der Waals surface area contributed by atoms with Crippen molar-refractivity contribution in [3.05, 3.63) is 68.9 Å². The molecule has 1 atom stereocenters. The molecule has 2 aromatic carbocycles. The van der Waals surface area contributed by atoms with Crippen LogP contribution in [-0.2, 0) is 6.42 Å². The monoisotopic (exact) mass is 322 g/mol. The first kappa shape index (κ1) is 14.2. The topological polar surface area (TPSA) is 20.2 Å². The molecule has 1 N–H and O–H groups in total. The third-order valence-corrected chi connectivity index (χ3v) is 3.85. The summed E-state index contributed by atoms with van der Waals surface area (Å²) in [6, 6.07) is 10.8. The number of rotatable bonds is 3. The molecule has 100 valence electrons. The molecule has 0 saturated heterocycles. The van der Waals surface area contributed by atoms with Gasteiger partial charge in [0.05, 0.1) is 10.6 Å². The summed E-state index contributed by atoms with van der Waals surface area (Å²) in [4.78, 5) is 0. The van der Waals surface area contributed by atoms with Crippen molar-refractivity contribution in [2.75, 3.05) is 0 Å². The molecule has 0 aliphatic carbocycles. The van der Waals surface area contributed by atoms with Crippen LogP contribution < -0.4 is 0 Å². The quantitative estimate of drug-likeness (QED) is 0.883. The van der Waals surface area contributed by atoms with Crippen molar-refractivity contribution in [1.82, 2.24) is 0 Å². The third kappa shape index (κ3) is 3.43. The summed E-state index contributed by atoms with van der Waals surface area (Å²) in [5.41, 5.74) is 4.17. The zero-order valence-electron chi connectivity index (χ0n) is 11.0. The molecule has 0 aliphatic heterocycles. The Morgan fingerprint density at radius 2 is 1.89 bits per heavy atom. The van der Waals surface area contributed by atoms with E-state index in [1.165, 1.54) is 11.6 Å². The molecule has 2 aromatic rings. The summed E-state index contributed by atoms with van der Waals surface area (Å²) < 4.78 is 13.6. The molecule has 1 unspecified atom stereocenters. The average Bonchev–Trinajstić information content (AvgIpc) is 2.37. The van der Waals surface area contributed by atoms with Crippen LogP contribution in [-0.4, -0.2) is 5.11 Å². The van der Waals surface area contributed by atoms with E-state index < -0.39 is 6.10 Å². The first-order chi connectivity index (χ1) is 8.97. The van der Waals surface area contributed by atoms with Gasteiger partial charge in [0.25, 0.3) is 0 Å². The largest absolute Gasteiger partial charge is 0.388 e. The number of halogens is 2. The lowest BCUT2D eigenvalue weighted by molar-refractivity contribution is 0.178. The number of aliphatic hydroxyl groups is 1. The first-order valence-corrected chi connectivity index (χ1v) is 6.96. The number of benzene rings is 2. The van der Waals surface area contributed by atoms with Gasteiger partial charge in [0, 0.05) is 6.42 Å². The van der Waals surface area contributed by atoms with Crippen molar-refractivity contribution < 1.29 is 9.50 Å². The maximum absolute atomic E-state index is 13.2. The number of hydrogen-bond donors (Lipinski definition) is 1. The lowest BCUT2D eigenvalue weighted by atomic mass is 9.97. The van der Waals surface area contributed by atoms with Crippen LogP contribution in [0.4, 0.5) is 4.39 Å². The van der Waals surface area contributed by atoms with Gasteiger partial charge >= 0.3 is 0 Å². The van der Waals surface area contributed by atoms with Crippen LogP contribution in [0.5, 0.6) is 0 Å². The molecule has 0 fully saturated rings. The van der Waals surface area contributed by atoms with E-state index >= 15 is 0 Å². The molecule has 0 radical (unpaired) electrons. The van der Waals surface area contributed by atoms with Gasteiger partial charge in [0.15, 0.2) is 0 Å². The minimum atomic E-state index is -0.627. The molecule has 0 saturated carbocycles. The summed E-state index contributed by atoms with van der Waals surface area (Å²) in [6.45, 7) is 4.06. The van der Waals surface area contributed by atoms with Crippen molar-refractivity contribution in [2.45, 2.75) is 26.4 Å². The van der Waals surface area contributed by atoms with E-state index in [1.807, 2.05) is 13.8 Å². The predicted octanol–water partition coefficient (Wildman–Crippen LogP) is 4.48. The second kappa shape index (κ2) is 5.85. The summed E-state index contributed by atoms with van der Waals surface area (Å²) in [6.07, 6.45) is -0.0941. The minimum Gasteiger partial charge on any atom is -0.388 e. The molecule has 1 nitrogen and oxygen atoms in total. The van der Waals surface area contributed by atoms with Crippen LogP contribution in [0.25, 0.3) is 0 Å². The second-order valence-corrected chi connectivity index (χ2v) is 5.68. The normalized spacial score (nSPS) is 12.5. The van der Waals surface area contributed by atoms with Crippen molar-refractivity contribution in [3.63, 3.8) is 0 Å². The van der Waals surface area contributed by atoms with Gasteiger partial charge in [-0.15, -0.1) is 0 Å². The van der Waals surface area contributed by atoms with Crippen LogP contribution in [0, 0.1) is 19.7 Å². The molecule has 19 heavy (non-hydrogen) atoms. The number of hydrogen-bond acceptors (Lipinski definition) is 1. The molecule has 0 aromatic heterocycles. The summed E-state index contributed by atoms with van der Waals surface area (Å²) in [7, 11) is 0. The molecule has 0 aliphatic rings. The van der Waals surface area contributed by atoms with E-state index in [0.717, 1.165) is 11.1 Å². The molecule has 0 spiro atoms. The molecular weight excluding hydrogens is 307 g/mol. The maximum atomic E-state index is 13.2. The van der Waals surface area contributed by atoms with E-state index in [9.17, 15) is 9.50 Å². The first-order valence-electron chi connectivity index (χ1n) is 6.16. The zero-order chi connectivity index (χ0) is 14.0. The fourth-order valence-electron chi connectivity index (χ4n) is 2.07. The molecular formula is C16H16BrFO. The van der Waals surface area contributed by atoms with E-state index in [4.69, 9.17) is 0 Å². The fourth-order valence-corrected chi connectivity index (χ4v) is 2.46. The smallest absolute Gasteiger partial charge is 0.137 e. The standard InChI is InChI=1S/C16H16BrFO/c1-10-3-4-11(2)13(7-10)9-16(19)12-5-6-15(18)14(17)8-12/h3-8,16,19H,9H2,1-2H3. The molecule has 0 heterocycles. The van der Waals surface area contributed by atoms with Crippen LogP contribution in [0.2, 0.25) is 0 Å². The number of aliphatic hydroxyl groups excluding tert-OH is 1. The van der Waals surface area contributed by atoms with Crippen LogP contribution in [0.1, 0.15) is 28.4 Å². The summed E-state index contributed by atoms with van der Waals surface area (Å²) >= 11 is 3.14. The highest BCUT2D eigenvalue weighted by Gasteiger charge is 2.12. The van der Waals surface area contributed by atoms with Crippen LogP contribution in [0.15, 0.2) is 40.9 Å². The average molecular weight is 323 g/mol. The van der Waals surface area contributed by atoms with E-state index in [1.54, 1.807) is 12.1 Å². The van der Waals surface area contributed by atoms with Gasteiger partial charge in [-0.1, -0.05) is 29.8 Å². The Kier molecular flexibility index (Phi) is 4.38. The molecule has 0 amide bonds. The fraction of sp³-hybridized carbons (Fsp3) is 0.250. The van der Waals surface area contributed by atoms with Crippen molar-refractivity contribution >= 4 is 15.9 Å². The highest BCUT2D eigenvalue weighted by molar-refractivity contribution is 9.10. The van der Waals surface area contributed by atoms with Gasteiger partial charge in [-0.3, -0.25) is 0 Å².